The number of hydrogen-bond donors (Lipinski definition) is 2. The second-order valence-corrected chi connectivity index (χ2v) is 7.67. The molecular weight excluding hydrogens is 436 g/mol. The van der Waals surface area contributed by atoms with Gasteiger partial charge in [0.2, 0.25) is 0 Å². The van der Waals surface area contributed by atoms with Crippen LogP contribution in [0, 0.1) is 10.1 Å². The summed E-state index contributed by atoms with van der Waals surface area (Å²) in [6.45, 7) is 2.34. The van der Waals surface area contributed by atoms with Crippen molar-refractivity contribution in [1.29, 1.82) is 0 Å². The Kier molecular flexibility index (Phi) is 7.45. The number of ether oxygens (including phenoxy) is 1. The zero-order chi connectivity index (χ0) is 23.3. The minimum absolute atomic E-state index is 0.0662. The molecular formula is C22H23ClN4O5. The van der Waals surface area contributed by atoms with Gasteiger partial charge < -0.3 is 15.4 Å². The summed E-state index contributed by atoms with van der Waals surface area (Å²) in [4.78, 5) is 37.6. The molecule has 1 aliphatic heterocycles. The van der Waals surface area contributed by atoms with Gasteiger partial charge >= 0.3 is 12.0 Å². The maximum Gasteiger partial charge on any atom is 0.338 e. The number of rotatable bonds is 8. The first-order chi connectivity index (χ1) is 15.3. The van der Waals surface area contributed by atoms with Gasteiger partial charge in [0, 0.05) is 35.9 Å². The number of esters is 1. The maximum atomic E-state index is 12.8. The number of carbonyl (C=O) groups is 2. The molecule has 2 aromatic carbocycles. The number of non-ortho nitro benzene ring substituents is 1. The number of likely N-dealkylation sites (N-methyl/N-ethyl adjacent to an activating group) is 1. The Morgan fingerprint density at radius 2 is 1.94 bits per heavy atom. The largest absolute Gasteiger partial charge is 0.463 e. The van der Waals surface area contributed by atoms with Crippen LogP contribution in [-0.4, -0.2) is 42.0 Å². The standard InChI is InChI=1S/C22H23ClN4O5/c1-3-32-21(28)19-18(24-22(29)25-20(19)14-7-5-4-6-8-14)13-26(2)12-15-11-16(27(30)31)9-10-17(15)23/h4-11,20H,3,12-13H2,1-2H3,(H2,24,25,29). The van der Waals surface area contributed by atoms with Crippen LogP contribution in [0.2, 0.25) is 5.02 Å². The minimum atomic E-state index is -0.672. The lowest BCUT2D eigenvalue weighted by atomic mass is 9.95. The second-order valence-electron chi connectivity index (χ2n) is 7.26. The first kappa shape index (κ1) is 23.2. The number of nitrogens with zero attached hydrogens (tertiary/aromatic N) is 2. The molecule has 9 nitrogen and oxygen atoms in total. The number of carbonyl (C=O) groups excluding carboxylic acids is 2. The summed E-state index contributed by atoms with van der Waals surface area (Å²) in [6, 6.07) is 12.2. The summed E-state index contributed by atoms with van der Waals surface area (Å²) in [6.07, 6.45) is 0. The van der Waals surface area contributed by atoms with Gasteiger partial charge in [-0.1, -0.05) is 41.9 Å². The lowest BCUT2D eigenvalue weighted by Gasteiger charge is -2.31. The third kappa shape index (κ3) is 5.43. The van der Waals surface area contributed by atoms with E-state index < -0.39 is 23.0 Å². The van der Waals surface area contributed by atoms with E-state index in [1.54, 1.807) is 18.9 Å². The SMILES string of the molecule is CCOC(=O)C1=C(CN(C)Cc2cc([N+](=O)[O-])ccc2Cl)NC(=O)NC1c1ccccc1. The fraction of sp³-hybridized carbons (Fsp3) is 0.273. The van der Waals surface area contributed by atoms with Gasteiger partial charge in [0.1, 0.15) is 0 Å². The van der Waals surface area contributed by atoms with Gasteiger partial charge in [0.15, 0.2) is 0 Å². The van der Waals surface area contributed by atoms with Crippen molar-refractivity contribution in [3.63, 3.8) is 0 Å². The van der Waals surface area contributed by atoms with E-state index >= 15 is 0 Å². The average Bonchev–Trinajstić information content (AvgIpc) is 2.75. The third-order valence-electron chi connectivity index (χ3n) is 4.89. The van der Waals surface area contributed by atoms with Crippen molar-refractivity contribution >= 4 is 29.3 Å². The van der Waals surface area contributed by atoms with Crippen molar-refractivity contribution < 1.29 is 19.2 Å². The molecule has 0 aromatic heterocycles. The molecule has 1 atom stereocenters. The van der Waals surface area contributed by atoms with Gasteiger partial charge in [-0.2, -0.15) is 0 Å². The summed E-state index contributed by atoms with van der Waals surface area (Å²) >= 11 is 6.22. The van der Waals surface area contributed by atoms with E-state index in [9.17, 15) is 19.7 Å². The van der Waals surface area contributed by atoms with Crippen LogP contribution in [0.3, 0.4) is 0 Å². The molecule has 0 bridgehead atoms. The van der Waals surface area contributed by atoms with Gasteiger partial charge in [-0.3, -0.25) is 15.0 Å². The van der Waals surface area contributed by atoms with E-state index in [0.717, 1.165) is 5.56 Å². The van der Waals surface area contributed by atoms with Crippen LogP contribution in [0.4, 0.5) is 10.5 Å². The summed E-state index contributed by atoms with van der Waals surface area (Å²) in [5.74, 6) is -0.536. The van der Waals surface area contributed by atoms with Gasteiger partial charge in [-0.05, 0) is 31.2 Å². The molecule has 32 heavy (non-hydrogen) atoms. The molecule has 1 aliphatic rings. The molecule has 0 radical (unpaired) electrons. The number of nitrogens with one attached hydrogen (secondary N) is 2. The summed E-state index contributed by atoms with van der Waals surface area (Å²) in [5.41, 5.74) is 1.93. The van der Waals surface area contributed by atoms with Crippen LogP contribution in [0.25, 0.3) is 0 Å². The fourth-order valence-electron chi connectivity index (χ4n) is 3.50. The van der Waals surface area contributed by atoms with E-state index in [2.05, 4.69) is 10.6 Å². The highest BCUT2D eigenvalue weighted by Crippen LogP contribution is 2.29. The molecule has 3 rings (SSSR count). The first-order valence-corrected chi connectivity index (χ1v) is 10.3. The summed E-state index contributed by atoms with van der Waals surface area (Å²) in [7, 11) is 1.76. The first-order valence-electron chi connectivity index (χ1n) is 9.94. The molecule has 0 spiro atoms. The van der Waals surface area contributed by atoms with Crippen molar-refractivity contribution in [2.24, 2.45) is 0 Å². The third-order valence-corrected chi connectivity index (χ3v) is 5.26. The van der Waals surface area contributed by atoms with Crippen molar-refractivity contribution in [2.75, 3.05) is 20.2 Å². The zero-order valence-corrected chi connectivity index (χ0v) is 18.4. The number of halogens is 1. The van der Waals surface area contributed by atoms with Crippen LogP contribution in [0.5, 0.6) is 0 Å². The molecule has 0 saturated carbocycles. The highest BCUT2D eigenvalue weighted by Gasteiger charge is 2.34. The number of nitro benzene ring substituents is 1. The second kappa shape index (κ2) is 10.3. The van der Waals surface area contributed by atoms with E-state index in [1.165, 1.54) is 18.2 Å². The number of nitro groups is 1. The summed E-state index contributed by atoms with van der Waals surface area (Å²) < 4.78 is 5.26. The monoisotopic (exact) mass is 458 g/mol. The van der Waals surface area contributed by atoms with Crippen LogP contribution in [-0.2, 0) is 16.1 Å². The number of urea groups is 1. The van der Waals surface area contributed by atoms with E-state index in [0.29, 0.717) is 21.9 Å². The van der Waals surface area contributed by atoms with Gasteiger partial charge in [0.25, 0.3) is 5.69 Å². The van der Waals surface area contributed by atoms with Gasteiger partial charge in [-0.25, -0.2) is 9.59 Å². The van der Waals surface area contributed by atoms with Crippen LogP contribution < -0.4 is 10.6 Å². The number of amides is 2. The molecule has 0 fully saturated rings. The smallest absolute Gasteiger partial charge is 0.338 e. The Hall–Kier alpha value is -3.43. The molecule has 2 N–H and O–H groups in total. The topological polar surface area (TPSA) is 114 Å². The van der Waals surface area contributed by atoms with Crippen molar-refractivity contribution in [2.45, 2.75) is 19.5 Å². The maximum absolute atomic E-state index is 12.8. The normalized spacial score (nSPS) is 15.9. The average molecular weight is 459 g/mol. The molecule has 0 saturated heterocycles. The molecule has 10 heteroatoms. The lowest BCUT2D eigenvalue weighted by Crippen LogP contribution is -2.48. The molecule has 1 heterocycles. The molecule has 1 unspecified atom stereocenters. The van der Waals surface area contributed by atoms with Crippen molar-refractivity contribution in [3.05, 3.63) is 86.1 Å². The van der Waals surface area contributed by atoms with E-state index in [-0.39, 0.29) is 25.4 Å². The van der Waals surface area contributed by atoms with Crippen molar-refractivity contribution in [1.82, 2.24) is 15.5 Å². The molecule has 2 aromatic rings. The molecule has 2 amide bonds. The quantitative estimate of drug-likeness (QED) is 0.355. The molecule has 0 aliphatic carbocycles. The Labute approximate surface area is 190 Å². The minimum Gasteiger partial charge on any atom is -0.463 e. The Morgan fingerprint density at radius 1 is 1.22 bits per heavy atom. The predicted octanol–water partition coefficient (Wildman–Crippen LogP) is 3.55. The van der Waals surface area contributed by atoms with Crippen LogP contribution >= 0.6 is 11.6 Å². The highest BCUT2D eigenvalue weighted by atomic mass is 35.5. The van der Waals surface area contributed by atoms with E-state index in [4.69, 9.17) is 16.3 Å². The van der Waals surface area contributed by atoms with E-state index in [1.807, 2.05) is 30.3 Å². The van der Waals surface area contributed by atoms with Gasteiger partial charge in [-0.15, -0.1) is 0 Å². The lowest BCUT2D eigenvalue weighted by molar-refractivity contribution is -0.384. The fourth-order valence-corrected chi connectivity index (χ4v) is 3.68. The number of hydrogen-bond acceptors (Lipinski definition) is 6. The predicted molar refractivity (Wildman–Crippen MR) is 119 cm³/mol. The van der Waals surface area contributed by atoms with Crippen LogP contribution in [0.1, 0.15) is 24.1 Å². The van der Waals surface area contributed by atoms with Crippen LogP contribution in [0.15, 0.2) is 59.8 Å². The summed E-state index contributed by atoms with van der Waals surface area (Å²) in [5, 5.41) is 17.0. The van der Waals surface area contributed by atoms with Crippen molar-refractivity contribution in [3.8, 4) is 0 Å². The Balaban J connectivity index is 1.93. The molecule has 168 valence electrons. The zero-order valence-electron chi connectivity index (χ0n) is 17.6. The Morgan fingerprint density at radius 3 is 2.59 bits per heavy atom. The number of benzene rings is 2. The van der Waals surface area contributed by atoms with Gasteiger partial charge in [0.05, 0.1) is 23.1 Å². The Bertz CT molecular complexity index is 1060. The highest BCUT2D eigenvalue weighted by molar-refractivity contribution is 6.31.